The van der Waals surface area contributed by atoms with Gasteiger partial charge in [0, 0.05) is 18.8 Å². The summed E-state index contributed by atoms with van der Waals surface area (Å²) in [6.07, 6.45) is 11.6. The minimum atomic E-state index is -1.14. The molecule has 0 aromatic carbocycles. The largest absolute Gasteiger partial charge is 0.475 e. The van der Waals surface area contributed by atoms with Gasteiger partial charge in [0.1, 0.15) is 11.2 Å². The van der Waals surface area contributed by atoms with Crippen molar-refractivity contribution in [2.75, 3.05) is 5.32 Å². The molecule has 2 aliphatic carbocycles. The maximum Gasteiger partial charge on any atom is 0.374 e. The van der Waals surface area contributed by atoms with Crippen molar-refractivity contribution >= 4 is 23.0 Å². The average molecular weight is 505 g/mol. The number of carbonyl (C=O) groups is 1. The Morgan fingerprint density at radius 1 is 1.08 bits per heavy atom. The lowest BCUT2D eigenvalue weighted by atomic mass is 9.80. The molecule has 5 rings (SSSR count). The highest BCUT2D eigenvalue weighted by Crippen LogP contribution is 2.36. The second-order valence-electron chi connectivity index (χ2n) is 11.5. The number of nitrogens with one attached hydrogen (secondary N) is 1. The summed E-state index contributed by atoms with van der Waals surface area (Å²) in [6, 6.07) is 4.34. The van der Waals surface area contributed by atoms with Gasteiger partial charge < -0.3 is 15.0 Å². The van der Waals surface area contributed by atoms with Crippen molar-refractivity contribution in [2.24, 2.45) is 17.8 Å². The maximum absolute atomic E-state index is 11.9. The normalized spacial score (nSPS) is 21.2. The Hall–Kier alpha value is -3.03. The van der Waals surface area contributed by atoms with Crippen LogP contribution in [-0.4, -0.2) is 41.6 Å². The van der Waals surface area contributed by atoms with Gasteiger partial charge in [-0.1, -0.05) is 46.5 Å². The number of rotatable bonds is 9. The van der Waals surface area contributed by atoms with Crippen LogP contribution in [0.4, 0.5) is 5.82 Å². The Morgan fingerprint density at radius 3 is 2.43 bits per heavy atom. The fraction of sp³-hybridized carbons (Fsp3) is 0.621. The lowest BCUT2D eigenvalue weighted by Crippen LogP contribution is -2.31. The molecule has 0 spiro atoms. The molecule has 37 heavy (non-hydrogen) atoms. The van der Waals surface area contributed by atoms with E-state index in [1.165, 1.54) is 56.9 Å². The first-order valence-electron chi connectivity index (χ1n) is 14.1. The molecule has 3 aromatic rings. The Bertz CT molecular complexity index is 1260. The van der Waals surface area contributed by atoms with Crippen molar-refractivity contribution in [1.82, 2.24) is 24.5 Å². The Morgan fingerprint density at radius 2 is 1.81 bits per heavy atom. The number of fused-ring (bicyclic) bond motifs is 1. The lowest BCUT2D eigenvalue weighted by molar-refractivity contribution is 0.0684. The van der Waals surface area contributed by atoms with Gasteiger partial charge in [-0.05, 0) is 74.0 Å². The molecule has 2 aliphatic rings. The number of aromatic nitrogens is 5. The Kier molecular flexibility index (Phi) is 7.45. The van der Waals surface area contributed by atoms with Gasteiger partial charge in [0.15, 0.2) is 17.3 Å². The van der Waals surface area contributed by atoms with Crippen molar-refractivity contribution in [2.45, 2.75) is 97.6 Å². The fourth-order valence-corrected chi connectivity index (χ4v) is 5.89. The number of aromatic carboxylic acids is 1. The van der Waals surface area contributed by atoms with Crippen molar-refractivity contribution in [3.63, 3.8) is 0 Å². The smallest absolute Gasteiger partial charge is 0.374 e. The summed E-state index contributed by atoms with van der Waals surface area (Å²) in [5.41, 5.74) is 3.20. The molecule has 2 saturated carbocycles. The molecule has 8 nitrogen and oxygen atoms in total. The van der Waals surface area contributed by atoms with Gasteiger partial charge in [0.25, 0.3) is 0 Å². The topological polar surface area (TPSA) is 106 Å². The van der Waals surface area contributed by atoms with E-state index in [1.807, 2.05) is 12.3 Å². The van der Waals surface area contributed by atoms with E-state index in [-0.39, 0.29) is 11.9 Å². The quantitative estimate of drug-likeness (QED) is 0.341. The van der Waals surface area contributed by atoms with Crippen LogP contribution in [0.3, 0.4) is 0 Å². The number of carboxylic acids is 1. The van der Waals surface area contributed by atoms with Crippen LogP contribution in [0.2, 0.25) is 0 Å². The summed E-state index contributed by atoms with van der Waals surface area (Å²) in [6.45, 7) is 9.60. The number of hydrogen-bond donors (Lipinski definition) is 2. The molecule has 3 heterocycles. The minimum absolute atomic E-state index is 0.197. The van der Waals surface area contributed by atoms with Gasteiger partial charge in [0.2, 0.25) is 5.82 Å². The van der Waals surface area contributed by atoms with E-state index in [0.717, 1.165) is 29.5 Å². The third-order valence-corrected chi connectivity index (χ3v) is 8.68. The zero-order valence-electron chi connectivity index (χ0n) is 22.6. The van der Waals surface area contributed by atoms with Gasteiger partial charge in [-0.3, -0.25) is 4.98 Å². The first-order chi connectivity index (χ1) is 17.8. The van der Waals surface area contributed by atoms with Gasteiger partial charge in [-0.15, -0.1) is 0 Å². The molecule has 2 fully saturated rings. The number of carboxylic acid groups (broad SMARTS) is 1. The molecule has 198 valence electrons. The van der Waals surface area contributed by atoms with Crippen LogP contribution in [0.15, 0.2) is 18.3 Å². The molecule has 1 atom stereocenters. The van der Waals surface area contributed by atoms with E-state index in [9.17, 15) is 9.90 Å². The molecular formula is C29H40N6O2. The van der Waals surface area contributed by atoms with Crippen molar-refractivity contribution < 1.29 is 9.90 Å². The van der Waals surface area contributed by atoms with Crippen LogP contribution in [0.5, 0.6) is 0 Å². The molecule has 0 radical (unpaired) electrons. The molecule has 8 heteroatoms. The zero-order valence-corrected chi connectivity index (χ0v) is 22.6. The van der Waals surface area contributed by atoms with Gasteiger partial charge >= 0.3 is 5.97 Å². The summed E-state index contributed by atoms with van der Waals surface area (Å²) in [5.74, 6) is 2.24. The number of anilines is 1. The highest BCUT2D eigenvalue weighted by Gasteiger charge is 2.29. The fourth-order valence-electron chi connectivity index (χ4n) is 5.89. The van der Waals surface area contributed by atoms with Gasteiger partial charge in [-0.25, -0.2) is 19.7 Å². The van der Waals surface area contributed by atoms with Gasteiger partial charge in [0.05, 0.1) is 0 Å². The molecule has 0 bridgehead atoms. The molecule has 1 unspecified atom stereocenters. The zero-order chi connectivity index (χ0) is 26.1. The molecule has 2 N–H and O–H groups in total. The predicted octanol–water partition coefficient (Wildman–Crippen LogP) is 6.53. The third-order valence-electron chi connectivity index (χ3n) is 8.68. The van der Waals surface area contributed by atoms with Gasteiger partial charge in [-0.2, -0.15) is 0 Å². The van der Waals surface area contributed by atoms with E-state index in [2.05, 4.69) is 53.6 Å². The van der Waals surface area contributed by atoms with Crippen LogP contribution in [-0.2, 0) is 6.54 Å². The van der Waals surface area contributed by atoms with Crippen molar-refractivity contribution in [3.05, 3.63) is 29.7 Å². The summed E-state index contributed by atoms with van der Waals surface area (Å²) in [5, 5.41) is 13.3. The molecule has 0 aliphatic heterocycles. The summed E-state index contributed by atoms with van der Waals surface area (Å²) >= 11 is 0. The number of hydrogen-bond acceptors (Lipinski definition) is 6. The summed E-state index contributed by atoms with van der Waals surface area (Å²) < 4.78 is 2.22. The second-order valence-corrected chi connectivity index (χ2v) is 11.5. The first kappa shape index (κ1) is 25.6. The van der Waals surface area contributed by atoms with Crippen LogP contribution in [0, 0.1) is 17.8 Å². The molecule has 3 aromatic heterocycles. The monoisotopic (exact) mass is 504 g/mol. The highest BCUT2D eigenvalue weighted by atomic mass is 16.4. The molecule has 0 amide bonds. The lowest BCUT2D eigenvalue weighted by Gasteiger charge is -2.32. The standard InChI is InChI=1S/C29H40N6O2/c1-5-19-9-11-20(12-10-19)16-35-24-25(31-18(4)21-7-6-8-21)32-27(29(36)37)33-26(24)34-28(35)23-15-22(17(2)3)13-14-30-23/h13-15,17-21H,5-12,16H2,1-4H3,(H,36,37)(H,31,32,33). The van der Waals surface area contributed by atoms with Crippen molar-refractivity contribution in [3.8, 4) is 11.5 Å². The Balaban J connectivity index is 1.63. The first-order valence-corrected chi connectivity index (χ1v) is 14.1. The van der Waals surface area contributed by atoms with Crippen LogP contribution in [0.25, 0.3) is 22.7 Å². The van der Waals surface area contributed by atoms with E-state index in [4.69, 9.17) is 9.97 Å². The average Bonchev–Trinajstić information content (AvgIpc) is 3.22. The van der Waals surface area contributed by atoms with Crippen LogP contribution in [0.1, 0.15) is 101 Å². The van der Waals surface area contributed by atoms with Crippen LogP contribution >= 0.6 is 0 Å². The summed E-state index contributed by atoms with van der Waals surface area (Å²) in [4.78, 5) is 30.5. The summed E-state index contributed by atoms with van der Waals surface area (Å²) in [7, 11) is 0. The number of nitrogens with zero attached hydrogens (tertiary/aromatic N) is 5. The maximum atomic E-state index is 11.9. The predicted molar refractivity (Wildman–Crippen MR) is 146 cm³/mol. The SMILES string of the molecule is CCC1CCC(Cn2c(-c3cc(C(C)C)ccn3)nc3nc(C(=O)O)nc(NC(C)C4CCC4)c32)CC1. The Labute approximate surface area is 219 Å². The minimum Gasteiger partial charge on any atom is -0.475 e. The van der Waals surface area contributed by atoms with Crippen molar-refractivity contribution in [1.29, 1.82) is 0 Å². The van der Waals surface area contributed by atoms with Crippen LogP contribution < -0.4 is 5.32 Å². The van der Waals surface area contributed by atoms with E-state index in [1.54, 1.807) is 0 Å². The third kappa shape index (κ3) is 5.34. The number of imidazole rings is 1. The second kappa shape index (κ2) is 10.8. The molecule has 0 saturated heterocycles. The van der Waals surface area contributed by atoms with E-state index < -0.39 is 5.97 Å². The molecular weight excluding hydrogens is 464 g/mol. The van der Waals surface area contributed by atoms with E-state index in [0.29, 0.717) is 29.2 Å². The number of pyridine rings is 1. The highest BCUT2D eigenvalue weighted by molar-refractivity contribution is 5.92. The van der Waals surface area contributed by atoms with E-state index >= 15 is 0 Å².